The summed E-state index contributed by atoms with van der Waals surface area (Å²) in [4.78, 5) is 28.3. The smallest absolute Gasteiger partial charge is 0.407 e. The first kappa shape index (κ1) is 25.0. The lowest BCUT2D eigenvalue weighted by Gasteiger charge is -2.24. The predicted molar refractivity (Wildman–Crippen MR) is 117 cm³/mol. The van der Waals surface area contributed by atoms with Gasteiger partial charge in [-0.2, -0.15) is 0 Å². The van der Waals surface area contributed by atoms with E-state index in [4.69, 9.17) is 4.74 Å². The van der Waals surface area contributed by atoms with E-state index in [0.29, 0.717) is 37.9 Å². The van der Waals surface area contributed by atoms with Crippen LogP contribution in [0.2, 0.25) is 0 Å². The Morgan fingerprint density at radius 3 is 2.45 bits per heavy atom. The van der Waals surface area contributed by atoms with Crippen LogP contribution in [0.5, 0.6) is 0 Å². The van der Waals surface area contributed by atoms with Gasteiger partial charge in [0.15, 0.2) is 5.96 Å². The molecule has 1 aliphatic carbocycles. The van der Waals surface area contributed by atoms with Crippen LogP contribution in [0.15, 0.2) is 4.99 Å². The van der Waals surface area contributed by atoms with Crippen LogP contribution in [-0.4, -0.2) is 55.3 Å². The lowest BCUT2D eigenvalue weighted by atomic mass is 10.1. The largest absolute Gasteiger partial charge is 0.444 e. The van der Waals surface area contributed by atoms with Gasteiger partial charge in [-0.1, -0.05) is 19.8 Å². The second-order valence-electron chi connectivity index (χ2n) is 8.57. The fourth-order valence-corrected chi connectivity index (χ4v) is 2.67. The Kier molecular flexibility index (Phi) is 11.5. The Morgan fingerprint density at radius 1 is 1.14 bits per heavy atom. The molecule has 0 aromatic heterocycles. The number of aliphatic imine (C=N–C) groups is 1. The third kappa shape index (κ3) is 13.8. The number of hydrogen-bond donors (Lipinski definition) is 4. The summed E-state index contributed by atoms with van der Waals surface area (Å²) in [6.45, 7) is 11.5. The van der Waals surface area contributed by atoms with Gasteiger partial charge in [0.2, 0.25) is 5.91 Å². The summed E-state index contributed by atoms with van der Waals surface area (Å²) in [6, 6.07) is 0.459. The number of nitrogens with zero attached hydrogens (tertiary/aromatic N) is 1. The maximum absolute atomic E-state index is 12.0. The van der Waals surface area contributed by atoms with Crippen LogP contribution in [0.4, 0.5) is 4.79 Å². The van der Waals surface area contributed by atoms with Crippen LogP contribution in [0.25, 0.3) is 0 Å². The van der Waals surface area contributed by atoms with Crippen molar-refractivity contribution < 1.29 is 14.3 Å². The summed E-state index contributed by atoms with van der Waals surface area (Å²) >= 11 is 0. The average molecular weight is 412 g/mol. The van der Waals surface area contributed by atoms with Gasteiger partial charge in [0, 0.05) is 38.1 Å². The Hall–Kier alpha value is -1.99. The molecule has 8 heteroatoms. The molecule has 1 fully saturated rings. The number of amides is 2. The highest BCUT2D eigenvalue weighted by atomic mass is 16.6. The normalized spacial score (nSPS) is 15.4. The van der Waals surface area contributed by atoms with E-state index in [1.165, 1.54) is 0 Å². The molecule has 0 aromatic rings. The number of hydrogen-bond acceptors (Lipinski definition) is 4. The van der Waals surface area contributed by atoms with E-state index in [2.05, 4.69) is 33.2 Å². The van der Waals surface area contributed by atoms with Crippen molar-refractivity contribution in [2.75, 3.05) is 19.6 Å². The Labute approximate surface area is 176 Å². The minimum absolute atomic E-state index is 0.0541. The Balaban J connectivity index is 2.48. The quantitative estimate of drug-likeness (QED) is 0.225. The SMILES string of the molecule is CCCCC(CNC(=O)OC(C)(C)C)NC(=NCCCC(=O)NC1CC1)NCC. The van der Waals surface area contributed by atoms with Crippen LogP contribution in [0.3, 0.4) is 0 Å². The van der Waals surface area contributed by atoms with Crippen molar-refractivity contribution in [2.45, 2.75) is 97.2 Å². The van der Waals surface area contributed by atoms with Gasteiger partial charge >= 0.3 is 6.09 Å². The van der Waals surface area contributed by atoms with Crippen LogP contribution in [0, 0.1) is 0 Å². The number of alkyl carbamates (subject to hydrolysis) is 1. The molecule has 1 saturated carbocycles. The first-order chi connectivity index (χ1) is 13.7. The van der Waals surface area contributed by atoms with Gasteiger partial charge in [0.25, 0.3) is 0 Å². The van der Waals surface area contributed by atoms with E-state index >= 15 is 0 Å². The van der Waals surface area contributed by atoms with Crippen molar-refractivity contribution in [3.8, 4) is 0 Å². The number of carbonyl (C=O) groups excluding carboxylic acids is 2. The van der Waals surface area contributed by atoms with Gasteiger partial charge in [-0.05, 0) is 53.4 Å². The van der Waals surface area contributed by atoms with Gasteiger partial charge in [-0.15, -0.1) is 0 Å². The highest BCUT2D eigenvalue weighted by molar-refractivity contribution is 5.80. The van der Waals surface area contributed by atoms with Crippen molar-refractivity contribution in [1.82, 2.24) is 21.3 Å². The molecular weight excluding hydrogens is 370 g/mol. The molecule has 0 aliphatic heterocycles. The first-order valence-corrected chi connectivity index (χ1v) is 11.0. The van der Waals surface area contributed by atoms with Gasteiger partial charge in [-0.3, -0.25) is 9.79 Å². The van der Waals surface area contributed by atoms with Crippen LogP contribution in [0.1, 0.15) is 79.6 Å². The molecule has 0 bridgehead atoms. The van der Waals surface area contributed by atoms with E-state index in [1.807, 2.05) is 27.7 Å². The summed E-state index contributed by atoms with van der Waals surface area (Å²) in [6.07, 6.45) is 6.06. The number of guanidine groups is 1. The van der Waals surface area contributed by atoms with Gasteiger partial charge in [-0.25, -0.2) is 4.79 Å². The maximum atomic E-state index is 12.0. The third-order valence-corrected chi connectivity index (χ3v) is 4.26. The number of nitrogens with one attached hydrogen (secondary N) is 4. The van der Waals surface area contributed by atoms with Crippen LogP contribution < -0.4 is 21.3 Å². The van der Waals surface area contributed by atoms with Gasteiger partial charge in [0.1, 0.15) is 5.60 Å². The molecule has 168 valence electrons. The van der Waals surface area contributed by atoms with E-state index in [1.54, 1.807) is 0 Å². The summed E-state index contributed by atoms with van der Waals surface area (Å²) in [7, 11) is 0. The standard InChI is InChI=1S/C21H41N5O3/c1-6-8-10-17(15-24-20(28)29-21(3,4)5)26-19(22-7-2)23-14-9-11-18(27)25-16-12-13-16/h16-17H,6-15H2,1-5H3,(H,24,28)(H,25,27)(H2,22,23,26). The third-order valence-electron chi connectivity index (χ3n) is 4.26. The molecular formula is C21H41N5O3. The minimum atomic E-state index is -0.515. The lowest BCUT2D eigenvalue weighted by Crippen LogP contribution is -2.49. The molecule has 29 heavy (non-hydrogen) atoms. The number of carbonyl (C=O) groups is 2. The highest BCUT2D eigenvalue weighted by Crippen LogP contribution is 2.18. The molecule has 0 heterocycles. The minimum Gasteiger partial charge on any atom is -0.444 e. The van der Waals surface area contributed by atoms with E-state index in [0.717, 1.165) is 38.6 Å². The van der Waals surface area contributed by atoms with Crippen molar-refractivity contribution in [3.63, 3.8) is 0 Å². The molecule has 1 atom stereocenters. The second kappa shape index (κ2) is 13.3. The zero-order chi connectivity index (χ0) is 21.7. The molecule has 0 spiro atoms. The van der Waals surface area contributed by atoms with E-state index < -0.39 is 11.7 Å². The average Bonchev–Trinajstić information content (AvgIpc) is 3.43. The molecule has 1 rings (SSSR count). The maximum Gasteiger partial charge on any atom is 0.407 e. The highest BCUT2D eigenvalue weighted by Gasteiger charge is 2.22. The van der Waals surface area contributed by atoms with E-state index in [-0.39, 0.29) is 11.9 Å². The molecule has 0 saturated heterocycles. The number of unbranched alkanes of at least 4 members (excludes halogenated alkanes) is 1. The zero-order valence-corrected chi connectivity index (χ0v) is 18.9. The van der Waals surface area contributed by atoms with Crippen molar-refractivity contribution in [3.05, 3.63) is 0 Å². The molecule has 2 amide bonds. The van der Waals surface area contributed by atoms with Crippen molar-refractivity contribution >= 4 is 18.0 Å². The second-order valence-corrected chi connectivity index (χ2v) is 8.57. The molecule has 8 nitrogen and oxygen atoms in total. The van der Waals surface area contributed by atoms with E-state index in [9.17, 15) is 9.59 Å². The number of rotatable bonds is 12. The van der Waals surface area contributed by atoms with Crippen molar-refractivity contribution in [2.24, 2.45) is 4.99 Å². The fourth-order valence-electron chi connectivity index (χ4n) is 2.67. The molecule has 0 aromatic carbocycles. The fraction of sp³-hybridized carbons (Fsp3) is 0.857. The first-order valence-electron chi connectivity index (χ1n) is 11.0. The number of ether oxygens (including phenoxy) is 1. The topological polar surface area (TPSA) is 104 Å². The summed E-state index contributed by atoms with van der Waals surface area (Å²) < 4.78 is 5.32. The van der Waals surface area contributed by atoms with Crippen LogP contribution >= 0.6 is 0 Å². The van der Waals surface area contributed by atoms with Gasteiger partial charge < -0.3 is 26.0 Å². The summed E-state index contributed by atoms with van der Waals surface area (Å²) in [5.74, 6) is 0.824. The van der Waals surface area contributed by atoms with Crippen LogP contribution in [-0.2, 0) is 9.53 Å². The molecule has 1 unspecified atom stereocenters. The monoisotopic (exact) mass is 411 g/mol. The Bertz CT molecular complexity index is 527. The Morgan fingerprint density at radius 2 is 1.86 bits per heavy atom. The summed E-state index contributed by atoms with van der Waals surface area (Å²) in [5, 5.41) is 12.5. The summed E-state index contributed by atoms with van der Waals surface area (Å²) in [5.41, 5.74) is -0.515. The predicted octanol–water partition coefficient (Wildman–Crippen LogP) is 2.68. The molecule has 0 radical (unpaired) electrons. The molecule has 4 N–H and O–H groups in total. The van der Waals surface area contributed by atoms with Crippen molar-refractivity contribution in [1.29, 1.82) is 0 Å². The zero-order valence-electron chi connectivity index (χ0n) is 18.9. The van der Waals surface area contributed by atoms with Gasteiger partial charge in [0.05, 0.1) is 0 Å². The lowest BCUT2D eigenvalue weighted by molar-refractivity contribution is -0.121. The molecule has 1 aliphatic rings.